The van der Waals surface area contributed by atoms with Gasteiger partial charge in [-0.05, 0) is 36.1 Å². The summed E-state index contributed by atoms with van der Waals surface area (Å²) in [4.78, 5) is 40.4. The highest BCUT2D eigenvalue weighted by Crippen LogP contribution is 2.27. The molecular weight excluding hydrogens is 378 g/mol. The molecule has 1 N–H and O–H groups in total. The maximum Gasteiger partial charge on any atom is 0.227 e. The van der Waals surface area contributed by atoms with Gasteiger partial charge in [-0.1, -0.05) is 42.5 Å². The number of nitrogens with zero attached hydrogens (tertiary/aromatic N) is 2. The van der Waals surface area contributed by atoms with Gasteiger partial charge in [0.05, 0.1) is 5.92 Å². The minimum Gasteiger partial charge on any atom is -0.352 e. The summed E-state index contributed by atoms with van der Waals surface area (Å²) in [5.41, 5.74) is 4.00. The Balaban J connectivity index is 1.30. The molecule has 0 bridgehead atoms. The van der Waals surface area contributed by atoms with E-state index in [1.807, 2.05) is 60.4 Å². The van der Waals surface area contributed by atoms with Crippen LogP contribution >= 0.6 is 0 Å². The lowest BCUT2D eigenvalue weighted by Gasteiger charge is -2.19. The molecule has 0 radical (unpaired) electrons. The molecule has 2 aromatic rings. The van der Waals surface area contributed by atoms with Gasteiger partial charge >= 0.3 is 0 Å². The first-order chi connectivity index (χ1) is 14.5. The van der Waals surface area contributed by atoms with Crippen molar-refractivity contribution < 1.29 is 14.4 Å². The zero-order valence-corrected chi connectivity index (χ0v) is 17.3. The Morgan fingerprint density at radius 3 is 2.47 bits per heavy atom. The minimum atomic E-state index is -0.336. The van der Waals surface area contributed by atoms with Gasteiger partial charge in [-0.15, -0.1) is 0 Å². The molecule has 2 aromatic carbocycles. The van der Waals surface area contributed by atoms with Crippen molar-refractivity contribution in [3.05, 3.63) is 65.2 Å². The molecule has 6 heteroatoms. The Kier molecular flexibility index (Phi) is 5.84. The number of hydrogen-bond acceptors (Lipinski definition) is 3. The van der Waals surface area contributed by atoms with Crippen molar-refractivity contribution in [3.8, 4) is 0 Å². The molecule has 2 heterocycles. The molecule has 4 rings (SSSR count). The predicted octanol–water partition coefficient (Wildman–Crippen LogP) is 2.79. The first-order valence-electron chi connectivity index (χ1n) is 10.5. The number of carbonyl (C=O) groups is 3. The fourth-order valence-electron chi connectivity index (χ4n) is 4.17. The smallest absolute Gasteiger partial charge is 0.227 e. The van der Waals surface area contributed by atoms with Gasteiger partial charge in [0.1, 0.15) is 0 Å². The number of hydrogen-bond donors (Lipinski definition) is 1. The topological polar surface area (TPSA) is 69.7 Å². The van der Waals surface area contributed by atoms with E-state index in [9.17, 15) is 14.4 Å². The molecule has 2 aliphatic heterocycles. The van der Waals surface area contributed by atoms with Gasteiger partial charge in [-0.25, -0.2) is 0 Å². The summed E-state index contributed by atoms with van der Waals surface area (Å²) in [6.45, 7) is 4.29. The van der Waals surface area contributed by atoms with Gasteiger partial charge in [0.25, 0.3) is 0 Å². The number of para-hydroxylation sites is 1. The molecule has 2 saturated heterocycles. The lowest BCUT2D eigenvalue weighted by Crippen LogP contribution is -2.32. The van der Waals surface area contributed by atoms with Gasteiger partial charge < -0.3 is 15.1 Å². The van der Waals surface area contributed by atoms with E-state index in [2.05, 4.69) is 5.32 Å². The summed E-state index contributed by atoms with van der Waals surface area (Å²) >= 11 is 0. The summed E-state index contributed by atoms with van der Waals surface area (Å²) in [5.74, 6) is -0.216. The fourth-order valence-corrected chi connectivity index (χ4v) is 4.17. The van der Waals surface area contributed by atoms with Crippen molar-refractivity contribution in [2.24, 2.45) is 5.92 Å². The molecule has 1 atom stereocenters. The molecule has 156 valence electrons. The minimum absolute atomic E-state index is 0.00902. The summed E-state index contributed by atoms with van der Waals surface area (Å²) in [6, 6.07) is 15.7. The molecule has 30 heavy (non-hydrogen) atoms. The van der Waals surface area contributed by atoms with E-state index < -0.39 is 0 Å². The van der Waals surface area contributed by atoms with Crippen LogP contribution in [0.2, 0.25) is 0 Å². The van der Waals surface area contributed by atoms with Gasteiger partial charge in [0.15, 0.2) is 0 Å². The Labute approximate surface area is 176 Å². The maximum absolute atomic E-state index is 12.6. The van der Waals surface area contributed by atoms with Gasteiger partial charge in [-0.2, -0.15) is 0 Å². The fraction of sp³-hybridized carbons (Fsp3) is 0.375. The van der Waals surface area contributed by atoms with E-state index in [1.165, 1.54) is 0 Å². The largest absolute Gasteiger partial charge is 0.352 e. The van der Waals surface area contributed by atoms with Crippen molar-refractivity contribution >= 4 is 23.4 Å². The molecule has 0 aliphatic carbocycles. The van der Waals surface area contributed by atoms with E-state index in [0.717, 1.165) is 35.3 Å². The second-order valence-electron chi connectivity index (χ2n) is 8.15. The SMILES string of the molecule is Cc1ccccc1N1C[C@H](C(=O)NCc2ccc(CN3CCCC3=O)cc2)CC1=O. The highest BCUT2D eigenvalue weighted by atomic mass is 16.2. The molecule has 0 unspecified atom stereocenters. The quantitative estimate of drug-likeness (QED) is 0.804. The van der Waals surface area contributed by atoms with Crippen LogP contribution in [0, 0.1) is 12.8 Å². The Morgan fingerprint density at radius 2 is 1.77 bits per heavy atom. The van der Waals surface area contributed by atoms with Crippen LogP contribution in [0.3, 0.4) is 0 Å². The monoisotopic (exact) mass is 405 g/mol. The van der Waals surface area contributed by atoms with Crippen LogP contribution in [0.15, 0.2) is 48.5 Å². The Hall–Kier alpha value is -3.15. The molecule has 6 nitrogen and oxygen atoms in total. The van der Waals surface area contributed by atoms with E-state index in [-0.39, 0.29) is 30.1 Å². The summed E-state index contributed by atoms with van der Waals surface area (Å²) in [5, 5.41) is 2.97. The molecule has 3 amide bonds. The van der Waals surface area contributed by atoms with E-state index >= 15 is 0 Å². The van der Waals surface area contributed by atoms with Crippen molar-refractivity contribution in [1.29, 1.82) is 0 Å². The van der Waals surface area contributed by atoms with E-state index in [4.69, 9.17) is 0 Å². The number of nitrogens with one attached hydrogen (secondary N) is 1. The molecule has 2 aliphatic rings. The number of amides is 3. The van der Waals surface area contributed by atoms with Crippen LogP contribution < -0.4 is 10.2 Å². The standard InChI is InChI=1S/C24H27N3O3/c1-17-5-2-3-6-21(17)27-16-20(13-23(27)29)24(30)25-14-18-8-10-19(11-9-18)15-26-12-4-7-22(26)28/h2-3,5-6,8-11,20H,4,7,12-16H2,1H3,(H,25,30)/t20-/m1/s1. The highest BCUT2D eigenvalue weighted by Gasteiger charge is 2.35. The summed E-state index contributed by atoms with van der Waals surface area (Å²) in [6.07, 6.45) is 1.83. The Morgan fingerprint density at radius 1 is 1.03 bits per heavy atom. The lowest BCUT2D eigenvalue weighted by atomic mass is 10.1. The molecule has 0 spiro atoms. The van der Waals surface area contributed by atoms with Crippen molar-refractivity contribution in [2.75, 3.05) is 18.0 Å². The molecule has 0 aromatic heterocycles. The predicted molar refractivity (Wildman–Crippen MR) is 115 cm³/mol. The highest BCUT2D eigenvalue weighted by molar-refractivity contribution is 6.00. The third kappa shape index (κ3) is 4.37. The number of benzene rings is 2. The van der Waals surface area contributed by atoms with Gasteiger partial charge in [0, 0.05) is 44.7 Å². The zero-order chi connectivity index (χ0) is 21.1. The zero-order valence-electron chi connectivity index (χ0n) is 17.3. The summed E-state index contributed by atoms with van der Waals surface area (Å²) in [7, 11) is 0. The second-order valence-corrected chi connectivity index (χ2v) is 8.15. The lowest BCUT2D eigenvalue weighted by molar-refractivity contribution is -0.128. The van der Waals surface area contributed by atoms with Crippen LogP contribution in [0.5, 0.6) is 0 Å². The van der Waals surface area contributed by atoms with E-state index in [0.29, 0.717) is 26.1 Å². The van der Waals surface area contributed by atoms with Crippen LogP contribution in [-0.4, -0.2) is 35.7 Å². The number of carbonyl (C=O) groups excluding carboxylic acids is 3. The number of rotatable bonds is 6. The van der Waals surface area contributed by atoms with Crippen molar-refractivity contribution in [1.82, 2.24) is 10.2 Å². The first kappa shape index (κ1) is 20.1. The van der Waals surface area contributed by atoms with Crippen LogP contribution in [0.1, 0.15) is 36.0 Å². The van der Waals surface area contributed by atoms with Crippen LogP contribution in [0.4, 0.5) is 5.69 Å². The number of anilines is 1. The maximum atomic E-state index is 12.6. The van der Waals surface area contributed by atoms with Crippen molar-refractivity contribution in [2.45, 2.75) is 39.3 Å². The third-order valence-corrected chi connectivity index (χ3v) is 5.94. The normalized spacial score (nSPS) is 18.9. The average Bonchev–Trinajstić information content (AvgIpc) is 3.33. The molecule has 0 saturated carbocycles. The van der Waals surface area contributed by atoms with Gasteiger partial charge in [0.2, 0.25) is 17.7 Å². The average molecular weight is 405 g/mol. The van der Waals surface area contributed by atoms with Crippen LogP contribution in [0.25, 0.3) is 0 Å². The van der Waals surface area contributed by atoms with Crippen LogP contribution in [-0.2, 0) is 27.5 Å². The molecular formula is C24H27N3O3. The number of likely N-dealkylation sites (tertiary alicyclic amines) is 1. The summed E-state index contributed by atoms with van der Waals surface area (Å²) < 4.78 is 0. The second kappa shape index (κ2) is 8.69. The Bertz CT molecular complexity index is 954. The van der Waals surface area contributed by atoms with E-state index in [1.54, 1.807) is 4.90 Å². The third-order valence-electron chi connectivity index (χ3n) is 5.94. The first-order valence-corrected chi connectivity index (χ1v) is 10.5. The van der Waals surface area contributed by atoms with Gasteiger partial charge in [-0.3, -0.25) is 14.4 Å². The molecule has 2 fully saturated rings. The van der Waals surface area contributed by atoms with Crippen molar-refractivity contribution in [3.63, 3.8) is 0 Å². The number of aryl methyl sites for hydroxylation is 1.